The maximum Gasteiger partial charge on any atom is 0.172 e. The third kappa shape index (κ3) is 6.45. The van der Waals surface area contributed by atoms with Gasteiger partial charge < -0.3 is 20.1 Å². The Morgan fingerprint density at radius 3 is 2.89 bits per heavy atom. The van der Waals surface area contributed by atoms with E-state index in [9.17, 15) is 0 Å². The summed E-state index contributed by atoms with van der Waals surface area (Å²) < 4.78 is 26.9. The fourth-order valence-corrected chi connectivity index (χ4v) is 4.43. The first-order chi connectivity index (χ1) is 18.3. The number of hydrazone groups is 1. The van der Waals surface area contributed by atoms with Gasteiger partial charge in [-0.1, -0.05) is 31.9 Å². The molecule has 2 aromatic rings. The van der Waals surface area contributed by atoms with Gasteiger partial charge in [0.1, 0.15) is 22.9 Å². The zero-order chi connectivity index (χ0) is 27.2. The predicted molar refractivity (Wildman–Crippen MR) is 151 cm³/mol. The zero-order valence-corrected chi connectivity index (χ0v) is 23.0. The lowest BCUT2D eigenvalue weighted by molar-refractivity contribution is 0.273. The van der Waals surface area contributed by atoms with Gasteiger partial charge >= 0.3 is 0 Å². The van der Waals surface area contributed by atoms with E-state index in [0.717, 1.165) is 43.1 Å². The molecule has 2 aliphatic heterocycles. The number of unbranched alkanes of at least 4 members (excludes halogenated alkanes) is 1. The number of rotatable bonds is 8. The maximum absolute atomic E-state index is 15.1. The summed E-state index contributed by atoms with van der Waals surface area (Å²) in [6.45, 7) is 10.9. The van der Waals surface area contributed by atoms with Crippen molar-refractivity contribution < 1.29 is 13.9 Å². The fourth-order valence-electron chi connectivity index (χ4n) is 4.24. The van der Waals surface area contributed by atoms with E-state index in [-0.39, 0.29) is 22.3 Å². The number of allylic oxidation sites excluding steroid dienone is 1. The van der Waals surface area contributed by atoms with Crippen LogP contribution in [0.3, 0.4) is 0 Å². The summed E-state index contributed by atoms with van der Waals surface area (Å²) in [5.74, 6) is 2.03. The Morgan fingerprint density at radius 2 is 2.18 bits per heavy atom. The van der Waals surface area contributed by atoms with E-state index in [2.05, 4.69) is 28.8 Å². The van der Waals surface area contributed by atoms with Crippen molar-refractivity contribution in [2.24, 2.45) is 21.7 Å². The highest BCUT2D eigenvalue weighted by molar-refractivity contribution is 6.32. The van der Waals surface area contributed by atoms with Crippen LogP contribution in [0.5, 0.6) is 11.5 Å². The highest BCUT2D eigenvalue weighted by Gasteiger charge is 2.24. The number of hydrogen-bond donors (Lipinski definition) is 1. The molecule has 10 heteroatoms. The molecule has 8 nitrogen and oxygen atoms in total. The molecule has 0 amide bonds. The molecule has 4 rings (SSSR count). The Bertz CT molecular complexity index is 1290. The number of amidine groups is 1. The van der Waals surface area contributed by atoms with Gasteiger partial charge in [-0.05, 0) is 50.1 Å². The second-order valence-electron chi connectivity index (χ2n) is 9.44. The summed E-state index contributed by atoms with van der Waals surface area (Å²) in [6.07, 6.45) is 9.13. The predicted octanol–water partition coefficient (Wildman–Crippen LogP) is 5.95. The summed E-state index contributed by atoms with van der Waals surface area (Å²) in [7, 11) is 0. The van der Waals surface area contributed by atoms with Crippen LogP contribution in [0.25, 0.3) is 0 Å². The van der Waals surface area contributed by atoms with Crippen molar-refractivity contribution in [3.63, 3.8) is 0 Å². The second kappa shape index (κ2) is 12.3. The third-order valence-corrected chi connectivity index (χ3v) is 6.46. The largest absolute Gasteiger partial charge is 0.489 e. The van der Waals surface area contributed by atoms with Crippen molar-refractivity contribution in [3.8, 4) is 11.5 Å². The number of anilines is 1. The fraction of sp³-hybridized carbons (Fsp3) is 0.393. The Kier molecular flexibility index (Phi) is 8.89. The van der Waals surface area contributed by atoms with Gasteiger partial charge in [0.15, 0.2) is 23.2 Å². The van der Waals surface area contributed by atoms with E-state index >= 15 is 4.39 Å². The quantitative estimate of drug-likeness (QED) is 0.329. The molecule has 2 aliphatic rings. The topological polar surface area (TPSA) is 88.6 Å². The monoisotopic (exact) mass is 540 g/mol. The van der Waals surface area contributed by atoms with E-state index in [0.29, 0.717) is 30.5 Å². The number of hydrogen-bond acceptors (Lipinski definition) is 7. The van der Waals surface area contributed by atoms with Gasteiger partial charge in [-0.15, -0.1) is 0 Å². The molecule has 1 aromatic heterocycles. The normalized spacial score (nSPS) is 17.8. The molecule has 0 bridgehead atoms. The molecule has 38 heavy (non-hydrogen) atoms. The number of halogens is 2. The molecule has 3 heterocycles. The second-order valence-corrected chi connectivity index (χ2v) is 9.85. The average Bonchev–Trinajstić information content (AvgIpc) is 3.04. The van der Waals surface area contributed by atoms with Crippen LogP contribution in [-0.2, 0) is 0 Å². The Balaban J connectivity index is 1.59. The standard InChI is InChI=1S/C28H34ClFN6O2/c1-5-7-10-35-16-18(3)17-37-25-13-19(4)26(34-28(25)35)27(31)33-23-14-21(29)24(15-22(23)30)38-20-8-11-36(12-9-20)32-6-2/h6,8-9,11,13-15,18H,5,7,10,12,16-17H2,1-4H3,(H2,31,33)/b32-6-. The number of aromatic nitrogens is 1. The van der Waals surface area contributed by atoms with Crippen LogP contribution in [-0.4, -0.2) is 48.3 Å². The van der Waals surface area contributed by atoms with Crippen LogP contribution in [0.1, 0.15) is 44.9 Å². The average molecular weight is 541 g/mol. The molecule has 1 unspecified atom stereocenters. The molecule has 0 saturated carbocycles. The van der Waals surface area contributed by atoms with Gasteiger partial charge in [0, 0.05) is 37.5 Å². The van der Waals surface area contributed by atoms with Gasteiger partial charge in [0.25, 0.3) is 0 Å². The van der Waals surface area contributed by atoms with E-state index in [1.807, 2.05) is 26.0 Å². The number of nitrogens with zero attached hydrogens (tertiary/aromatic N) is 5. The number of fused-ring (bicyclic) bond motifs is 1. The number of aliphatic imine (C=N–C) groups is 1. The lowest BCUT2D eigenvalue weighted by Gasteiger charge is -2.25. The number of benzene rings is 1. The van der Waals surface area contributed by atoms with E-state index in [1.54, 1.807) is 23.5 Å². The van der Waals surface area contributed by atoms with Crippen molar-refractivity contribution in [2.45, 2.75) is 40.5 Å². The minimum atomic E-state index is -0.612. The van der Waals surface area contributed by atoms with Crippen molar-refractivity contribution in [2.75, 3.05) is 31.1 Å². The van der Waals surface area contributed by atoms with Gasteiger partial charge in [-0.3, -0.25) is 5.01 Å². The van der Waals surface area contributed by atoms with Crippen LogP contribution in [0, 0.1) is 18.7 Å². The van der Waals surface area contributed by atoms with E-state index in [4.69, 9.17) is 31.8 Å². The molecular weight excluding hydrogens is 507 g/mol. The summed E-state index contributed by atoms with van der Waals surface area (Å²) in [5, 5.41) is 6.12. The lowest BCUT2D eigenvalue weighted by Crippen LogP contribution is -2.30. The van der Waals surface area contributed by atoms with E-state index in [1.165, 1.54) is 12.1 Å². The van der Waals surface area contributed by atoms with Crippen molar-refractivity contribution in [1.29, 1.82) is 0 Å². The molecule has 2 N–H and O–H groups in total. The van der Waals surface area contributed by atoms with Crippen LogP contribution in [0.2, 0.25) is 5.02 Å². The number of nitrogens with two attached hydrogens (primary N) is 1. The van der Waals surface area contributed by atoms with E-state index < -0.39 is 5.82 Å². The molecular formula is C28H34ClFN6O2. The van der Waals surface area contributed by atoms with Crippen LogP contribution < -0.4 is 20.1 Å². The van der Waals surface area contributed by atoms with Crippen molar-refractivity contribution >= 4 is 35.2 Å². The van der Waals surface area contributed by atoms with Crippen LogP contribution in [0.4, 0.5) is 15.9 Å². The first-order valence-corrected chi connectivity index (χ1v) is 13.2. The van der Waals surface area contributed by atoms with Gasteiger partial charge in [0.2, 0.25) is 0 Å². The number of aryl methyl sites for hydroxylation is 1. The first-order valence-electron chi connectivity index (χ1n) is 12.8. The highest BCUT2D eigenvalue weighted by Crippen LogP contribution is 2.35. The minimum absolute atomic E-state index is 0.000304. The summed E-state index contributed by atoms with van der Waals surface area (Å²) >= 11 is 6.43. The molecule has 1 aromatic carbocycles. The SMILES string of the molecule is C/C=N\N1C=CC(Oc2cc(F)c(N=C(N)c3nc4c(cc3C)OCC(C)CN4CCCC)cc2Cl)=CC1. The molecule has 0 saturated heterocycles. The van der Waals surface area contributed by atoms with Crippen molar-refractivity contribution in [1.82, 2.24) is 9.99 Å². The molecule has 1 atom stereocenters. The number of pyridine rings is 1. The van der Waals surface area contributed by atoms with Crippen LogP contribution >= 0.6 is 11.6 Å². The van der Waals surface area contributed by atoms with Crippen LogP contribution in [0.15, 0.2) is 52.4 Å². The number of ether oxygens (including phenoxy) is 2. The molecule has 0 aliphatic carbocycles. The molecule has 202 valence electrons. The molecule has 0 spiro atoms. The summed E-state index contributed by atoms with van der Waals surface area (Å²) in [6, 6.07) is 4.53. The molecule has 0 fully saturated rings. The Labute approximate surface area is 228 Å². The Hall–Kier alpha value is -3.59. The zero-order valence-electron chi connectivity index (χ0n) is 22.2. The minimum Gasteiger partial charge on any atom is -0.489 e. The maximum atomic E-state index is 15.1. The third-order valence-electron chi connectivity index (χ3n) is 6.16. The van der Waals surface area contributed by atoms with Gasteiger partial charge in [0.05, 0.1) is 18.2 Å². The molecule has 0 radical (unpaired) electrons. The highest BCUT2D eigenvalue weighted by atomic mass is 35.5. The lowest BCUT2D eigenvalue weighted by atomic mass is 10.1. The summed E-state index contributed by atoms with van der Waals surface area (Å²) in [4.78, 5) is 11.4. The Morgan fingerprint density at radius 1 is 1.37 bits per heavy atom. The smallest absolute Gasteiger partial charge is 0.172 e. The summed E-state index contributed by atoms with van der Waals surface area (Å²) in [5.41, 5.74) is 7.64. The van der Waals surface area contributed by atoms with Crippen molar-refractivity contribution in [3.05, 3.63) is 64.4 Å². The van der Waals surface area contributed by atoms with Gasteiger partial charge in [-0.2, -0.15) is 5.10 Å². The van der Waals surface area contributed by atoms with Gasteiger partial charge in [-0.25, -0.2) is 14.4 Å². The first kappa shape index (κ1) is 27.4.